The Bertz CT molecular complexity index is 665. The van der Waals surface area contributed by atoms with E-state index >= 15 is 0 Å². The van der Waals surface area contributed by atoms with Crippen molar-refractivity contribution in [1.29, 1.82) is 0 Å². The number of nitrogens with zero attached hydrogens (tertiary/aromatic N) is 1. The molecule has 1 fully saturated rings. The van der Waals surface area contributed by atoms with Crippen LogP contribution in [0, 0.1) is 0 Å². The molecule has 130 valence electrons. The third kappa shape index (κ3) is 4.14. The van der Waals surface area contributed by atoms with Crippen molar-refractivity contribution in [2.45, 2.75) is 23.8 Å². The number of ether oxygens (including phenoxy) is 2. The standard InChI is InChI=1S/C14H20N2O5S.ClH/c1-20-13-6-5-11(8-12(13)14(17)21-2)22(18,19)16-7-3-4-10(15)9-16;/h5-6,8,10H,3-4,7,9,15H2,1-2H3;1H. The second kappa shape index (κ2) is 7.96. The highest BCUT2D eigenvalue weighted by Gasteiger charge is 2.30. The zero-order valence-electron chi connectivity index (χ0n) is 13.0. The van der Waals surface area contributed by atoms with Gasteiger partial charge in [-0.3, -0.25) is 0 Å². The van der Waals surface area contributed by atoms with Crippen LogP contribution in [0.3, 0.4) is 0 Å². The molecule has 1 aromatic carbocycles. The fourth-order valence-corrected chi connectivity index (χ4v) is 4.02. The molecular formula is C14H21ClN2O5S. The van der Waals surface area contributed by atoms with E-state index in [2.05, 4.69) is 4.74 Å². The Morgan fingerprint density at radius 3 is 2.61 bits per heavy atom. The molecule has 9 heteroatoms. The molecule has 0 aliphatic carbocycles. The zero-order valence-corrected chi connectivity index (χ0v) is 14.7. The number of methoxy groups -OCH3 is 2. The molecule has 1 aliphatic rings. The molecule has 0 bridgehead atoms. The molecule has 2 rings (SSSR count). The van der Waals surface area contributed by atoms with E-state index in [1.807, 2.05) is 0 Å². The highest BCUT2D eigenvalue weighted by molar-refractivity contribution is 7.89. The van der Waals surface area contributed by atoms with Crippen molar-refractivity contribution in [3.63, 3.8) is 0 Å². The zero-order chi connectivity index (χ0) is 16.3. The first-order chi connectivity index (χ1) is 10.4. The summed E-state index contributed by atoms with van der Waals surface area (Å²) in [4.78, 5) is 11.8. The minimum Gasteiger partial charge on any atom is -0.496 e. The number of hydrogen-bond donors (Lipinski definition) is 1. The number of hydrogen-bond acceptors (Lipinski definition) is 6. The predicted octanol–water partition coefficient (Wildman–Crippen LogP) is 1.02. The average Bonchev–Trinajstić information content (AvgIpc) is 2.53. The van der Waals surface area contributed by atoms with Gasteiger partial charge >= 0.3 is 5.97 Å². The maximum Gasteiger partial charge on any atom is 0.341 e. The summed E-state index contributed by atoms with van der Waals surface area (Å²) >= 11 is 0. The summed E-state index contributed by atoms with van der Waals surface area (Å²) in [5.41, 5.74) is 5.92. The van der Waals surface area contributed by atoms with Gasteiger partial charge in [-0.2, -0.15) is 4.31 Å². The Kier molecular flexibility index (Phi) is 6.82. The lowest BCUT2D eigenvalue weighted by Crippen LogP contribution is -2.45. The molecule has 2 N–H and O–H groups in total. The van der Waals surface area contributed by atoms with E-state index in [4.69, 9.17) is 10.5 Å². The van der Waals surface area contributed by atoms with Crippen LogP contribution >= 0.6 is 12.4 Å². The van der Waals surface area contributed by atoms with Crippen LogP contribution in [0.2, 0.25) is 0 Å². The monoisotopic (exact) mass is 364 g/mol. The number of esters is 1. The van der Waals surface area contributed by atoms with Crippen LogP contribution in [-0.2, 0) is 14.8 Å². The molecule has 1 heterocycles. The van der Waals surface area contributed by atoms with E-state index in [0.717, 1.165) is 12.8 Å². The van der Waals surface area contributed by atoms with Crippen molar-refractivity contribution in [1.82, 2.24) is 4.31 Å². The summed E-state index contributed by atoms with van der Waals surface area (Å²) in [6, 6.07) is 3.98. The second-order valence-corrected chi connectivity index (χ2v) is 7.06. The Balaban J connectivity index is 0.00000264. The Morgan fingerprint density at radius 2 is 2.04 bits per heavy atom. The lowest BCUT2D eigenvalue weighted by Gasteiger charge is -2.30. The maximum atomic E-state index is 12.7. The lowest BCUT2D eigenvalue weighted by molar-refractivity contribution is 0.0596. The maximum absolute atomic E-state index is 12.7. The minimum atomic E-state index is -3.69. The lowest BCUT2D eigenvalue weighted by atomic mass is 10.1. The Hall–Kier alpha value is -1.35. The number of carbonyl (C=O) groups is 1. The molecular weight excluding hydrogens is 344 g/mol. The average molecular weight is 365 g/mol. The number of piperidine rings is 1. The van der Waals surface area contributed by atoms with E-state index in [1.165, 1.54) is 36.7 Å². The van der Waals surface area contributed by atoms with E-state index in [1.54, 1.807) is 0 Å². The molecule has 1 atom stereocenters. The van der Waals surface area contributed by atoms with Gasteiger partial charge in [0.2, 0.25) is 10.0 Å². The molecule has 1 aliphatic heterocycles. The second-order valence-electron chi connectivity index (χ2n) is 5.12. The van der Waals surface area contributed by atoms with Crippen molar-refractivity contribution in [2.75, 3.05) is 27.3 Å². The first kappa shape index (κ1) is 19.7. The summed E-state index contributed by atoms with van der Waals surface area (Å²) in [6.45, 7) is 0.706. The number of sulfonamides is 1. The van der Waals surface area contributed by atoms with E-state index in [-0.39, 0.29) is 41.2 Å². The quantitative estimate of drug-likeness (QED) is 0.801. The summed E-state index contributed by atoms with van der Waals surface area (Å²) < 4.78 is 36.4. The van der Waals surface area contributed by atoms with Crippen LogP contribution in [0.25, 0.3) is 0 Å². The van der Waals surface area contributed by atoms with Crippen LogP contribution < -0.4 is 10.5 Å². The van der Waals surface area contributed by atoms with Crippen LogP contribution in [0.4, 0.5) is 0 Å². The van der Waals surface area contributed by atoms with Crippen LogP contribution in [0.5, 0.6) is 5.75 Å². The van der Waals surface area contributed by atoms with Crippen molar-refractivity contribution in [3.05, 3.63) is 23.8 Å². The van der Waals surface area contributed by atoms with Crippen LogP contribution in [-0.4, -0.2) is 52.0 Å². The Labute approximate surface area is 142 Å². The number of benzene rings is 1. The molecule has 0 spiro atoms. The van der Waals surface area contributed by atoms with E-state index in [0.29, 0.717) is 6.54 Å². The van der Waals surface area contributed by atoms with Gasteiger partial charge in [-0.1, -0.05) is 0 Å². The number of nitrogens with two attached hydrogens (primary N) is 1. The molecule has 7 nitrogen and oxygen atoms in total. The van der Waals surface area contributed by atoms with E-state index in [9.17, 15) is 13.2 Å². The summed E-state index contributed by atoms with van der Waals surface area (Å²) in [5.74, 6) is -0.384. The highest BCUT2D eigenvalue weighted by atomic mass is 35.5. The topological polar surface area (TPSA) is 98.9 Å². The van der Waals surface area contributed by atoms with Gasteiger partial charge in [0.15, 0.2) is 0 Å². The third-order valence-electron chi connectivity index (χ3n) is 3.63. The first-order valence-electron chi connectivity index (χ1n) is 6.92. The number of carbonyl (C=O) groups excluding carboxylic acids is 1. The molecule has 0 aromatic heterocycles. The largest absolute Gasteiger partial charge is 0.496 e. The molecule has 1 unspecified atom stereocenters. The Morgan fingerprint density at radius 1 is 1.35 bits per heavy atom. The summed E-state index contributed by atoms with van der Waals surface area (Å²) in [7, 11) is -1.06. The van der Waals surface area contributed by atoms with Crippen molar-refractivity contribution < 1.29 is 22.7 Å². The smallest absolute Gasteiger partial charge is 0.341 e. The highest BCUT2D eigenvalue weighted by Crippen LogP contribution is 2.26. The van der Waals surface area contributed by atoms with Crippen molar-refractivity contribution in [3.8, 4) is 5.75 Å². The van der Waals surface area contributed by atoms with Gasteiger partial charge in [-0.05, 0) is 31.0 Å². The van der Waals surface area contributed by atoms with Gasteiger partial charge < -0.3 is 15.2 Å². The summed E-state index contributed by atoms with van der Waals surface area (Å²) in [5, 5.41) is 0. The summed E-state index contributed by atoms with van der Waals surface area (Å²) in [6.07, 6.45) is 1.53. The third-order valence-corrected chi connectivity index (χ3v) is 5.50. The SMILES string of the molecule is COC(=O)c1cc(S(=O)(=O)N2CCCC(N)C2)ccc1OC.Cl. The van der Waals surface area contributed by atoms with Gasteiger partial charge in [0, 0.05) is 19.1 Å². The molecule has 0 radical (unpaired) electrons. The van der Waals surface area contributed by atoms with Crippen LogP contribution in [0.1, 0.15) is 23.2 Å². The van der Waals surface area contributed by atoms with Crippen molar-refractivity contribution >= 4 is 28.4 Å². The fraction of sp³-hybridized carbons (Fsp3) is 0.500. The molecule has 23 heavy (non-hydrogen) atoms. The fourth-order valence-electron chi connectivity index (χ4n) is 2.46. The molecule has 1 aromatic rings. The number of rotatable bonds is 4. The number of halogens is 1. The van der Waals surface area contributed by atoms with Crippen LogP contribution in [0.15, 0.2) is 23.1 Å². The normalized spacial score (nSPS) is 18.8. The molecule has 0 amide bonds. The van der Waals surface area contributed by atoms with E-state index < -0.39 is 16.0 Å². The van der Waals surface area contributed by atoms with Gasteiger partial charge in [-0.15, -0.1) is 12.4 Å². The predicted molar refractivity (Wildman–Crippen MR) is 87.5 cm³/mol. The molecule has 0 saturated carbocycles. The van der Waals surface area contributed by atoms with Gasteiger partial charge in [-0.25, -0.2) is 13.2 Å². The van der Waals surface area contributed by atoms with Gasteiger partial charge in [0.1, 0.15) is 11.3 Å². The minimum absolute atomic E-state index is 0. The molecule has 1 saturated heterocycles. The van der Waals surface area contributed by atoms with Crippen molar-refractivity contribution in [2.24, 2.45) is 5.73 Å². The first-order valence-corrected chi connectivity index (χ1v) is 8.36. The van der Waals surface area contributed by atoms with Gasteiger partial charge in [0.25, 0.3) is 0 Å². The van der Waals surface area contributed by atoms with Gasteiger partial charge in [0.05, 0.1) is 19.1 Å².